The van der Waals surface area contributed by atoms with Crippen molar-refractivity contribution in [1.82, 2.24) is 0 Å². The summed E-state index contributed by atoms with van der Waals surface area (Å²) in [6.45, 7) is 5.75. The van der Waals surface area contributed by atoms with E-state index in [1.165, 1.54) is 0 Å². The van der Waals surface area contributed by atoms with E-state index in [-0.39, 0.29) is 62.1 Å². The molecule has 230 valence electrons. The Bertz CT molecular complexity index is 1260. The Morgan fingerprint density at radius 2 is 1.59 bits per heavy atom. The predicted octanol–water partition coefficient (Wildman–Crippen LogP) is 3.54. The summed E-state index contributed by atoms with van der Waals surface area (Å²) >= 11 is 0. The van der Waals surface area contributed by atoms with Crippen LogP contribution in [0.4, 0.5) is 0 Å². The second-order valence-electron chi connectivity index (χ2n) is 13.8. The van der Waals surface area contributed by atoms with Gasteiger partial charge in [0.1, 0.15) is 11.6 Å². The fraction of sp³-hybridized carbons (Fsp3) is 0.828. The van der Waals surface area contributed by atoms with Crippen LogP contribution in [0.1, 0.15) is 91.4 Å². The topological polar surface area (TPSA) is 189 Å². The lowest BCUT2D eigenvalue weighted by atomic mass is 9.36. The number of Topliss-reactive ketones (excluding diaryl/α,β-unsaturated/α-hetero) is 2. The van der Waals surface area contributed by atoms with Gasteiger partial charge in [0.15, 0.2) is 0 Å². The van der Waals surface area contributed by atoms with Gasteiger partial charge < -0.3 is 15.3 Å². The third-order valence-electron chi connectivity index (χ3n) is 12.0. The number of rotatable bonds is 10. The molecule has 4 aliphatic carbocycles. The minimum Gasteiger partial charge on any atom is -0.481 e. The van der Waals surface area contributed by atoms with Crippen molar-refractivity contribution in [2.45, 2.75) is 97.5 Å². The SMILES string of the molecule is C[C@@H]1C[C@H]2[C@@H]3CC[C@](CC(=O)O)(C(=O)CCC(=O)O)[C@@]3(C)CC(OS(C)(=O)=O)[C@@H]2[C@@]2(C)CCC(=O)CC12CC(=O)O. The van der Waals surface area contributed by atoms with Gasteiger partial charge in [-0.2, -0.15) is 8.42 Å². The average Bonchev–Trinajstić information content (AvgIpc) is 3.09. The molecule has 0 amide bonds. The molecule has 0 spiro atoms. The van der Waals surface area contributed by atoms with Crippen LogP contribution in [0.5, 0.6) is 0 Å². The van der Waals surface area contributed by atoms with Crippen molar-refractivity contribution in [1.29, 1.82) is 0 Å². The quantitative estimate of drug-likeness (QED) is 0.312. The molecule has 4 fully saturated rings. The van der Waals surface area contributed by atoms with E-state index in [1.807, 2.05) is 20.8 Å². The Morgan fingerprint density at radius 3 is 2.15 bits per heavy atom. The van der Waals surface area contributed by atoms with Gasteiger partial charge >= 0.3 is 17.9 Å². The summed E-state index contributed by atoms with van der Waals surface area (Å²) in [5.41, 5.74) is -4.06. The molecule has 4 rings (SSSR count). The first-order chi connectivity index (χ1) is 18.8. The predicted molar refractivity (Wildman–Crippen MR) is 144 cm³/mol. The smallest absolute Gasteiger partial charge is 0.304 e. The van der Waals surface area contributed by atoms with Crippen molar-refractivity contribution >= 4 is 39.6 Å². The number of hydrogen-bond donors (Lipinski definition) is 3. The molecule has 4 aliphatic rings. The summed E-state index contributed by atoms with van der Waals surface area (Å²) in [5, 5.41) is 29.2. The van der Waals surface area contributed by atoms with E-state index in [4.69, 9.17) is 4.18 Å². The number of hydrogen-bond acceptors (Lipinski definition) is 8. The lowest BCUT2D eigenvalue weighted by molar-refractivity contribution is -0.224. The van der Waals surface area contributed by atoms with Gasteiger partial charge in [0.05, 0.1) is 31.6 Å². The van der Waals surface area contributed by atoms with E-state index >= 15 is 0 Å². The van der Waals surface area contributed by atoms with Gasteiger partial charge in [0, 0.05) is 24.7 Å². The summed E-state index contributed by atoms with van der Waals surface area (Å²) in [5.74, 6) is -4.89. The molecule has 11 nitrogen and oxygen atoms in total. The van der Waals surface area contributed by atoms with Gasteiger partial charge in [0.2, 0.25) is 0 Å². The van der Waals surface area contributed by atoms with Crippen LogP contribution in [-0.2, 0) is 38.3 Å². The van der Waals surface area contributed by atoms with Crippen LogP contribution in [0, 0.1) is 45.3 Å². The molecule has 0 radical (unpaired) electrons. The largest absolute Gasteiger partial charge is 0.481 e. The summed E-state index contributed by atoms with van der Waals surface area (Å²) in [7, 11) is -4.03. The normalized spacial score (nSPS) is 42.0. The summed E-state index contributed by atoms with van der Waals surface area (Å²) in [6, 6.07) is 0. The Kier molecular flexibility index (Phi) is 8.04. The van der Waals surface area contributed by atoms with E-state index in [2.05, 4.69) is 0 Å². The van der Waals surface area contributed by atoms with Crippen molar-refractivity contribution in [3.05, 3.63) is 0 Å². The number of carboxylic acid groups (broad SMARTS) is 3. The Hall–Kier alpha value is -2.34. The Labute approximate surface area is 240 Å². The first kappa shape index (κ1) is 31.6. The van der Waals surface area contributed by atoms with Crippen molar-refractivity contribution in [2.24, 2.45) is 45.3 Å². The monoisotopic (exact) mass is 598 g/mol. The molecule has 0 aromatic rings. The van der Waals surface area contributed by atoms with Crippen LogP contribution < -0.4 is 0 Å². The maximum Gasteiger partial charge on any atom is 0.304 e. The first-order valence-corrected chi connectivity index (χ1v) is 16.2. The van der Waals surface area contributed by atoms with Crippen LogP contribution in [0.25, 0.3) is 0 Å². The molecule has 0 saturated heterocycles. The summed E-state index contributed by atoms with van der Waals surface area (Å²) in [4.78, 5) is 62.3. The standard InChI is InChI=1S/C29H42O11S/c1-16-11-18-19-8-10-28(14-23(34)35,21(31)5-6-22(32)33)27(19,3)13-20(40-41(4,38)39)25(18)26(2)9-7-17(30)12-29(16,26)15-24(36)37/h16,18-20,25H,5-15H2,1-4H3,(H,32,33)(H,34,35)(H,36,37)/t16-,18+,19+,20?,25-,26-,27+,28+,29?/m1/s1. The fourth-order valence-corrected chi connectivity index (χ4v) is 11.0. The average molecular weight is 599 g/mol. The number of carboxylic acids is 3. The first-order valence-electron chi connectivity index (χ1n) is 14.4. The van der Waals surface area contributed by atoms with E-state index in [9.17, 15) is 47.7 Å². The van der Waals surface area contributed by atoms with Crippen molar-refractivity contribution < 1.29 is 51.9 Å². The molecule has 0 aromatic heterocycles. The van der Waals surface area contributed by atoms with E-state index in [0.717, 1.165) is 6.26 Å². The molecule has 2 unspecified atom stereocenters. The number of carbonyl (C=O) groups is 5. The van der Waals surface area contributed by atoms with Gasteiger partial charge in [-0.3, -0.25) is 28.2 Å². The Morgan fingerprint density at radius 1 is 0.951 bits per heavy atom. The molecule has 0 aliphatic heterocycles. The third-order valence-corrected chi connectivity index (χ3v) is 12.6. The van der Waals surface area contributed by atoms with Crippen molar-refractivity contribution in [3.8, 4) is 0 Å². The number of fused-ring (bicyclic) bond motifs is 5. The van der Waals surface area contributed by atoms with Gasteiger partial charge in [-0.1, -0.05) is 20.8 Å². The maximum atomic E-state index is 13.8. The highest BCUT2D eigenvalue weighted by Crippen LogP contribution is 2.75. The van der Waals surface area contributed by atoms with Crippen LogP contribution in [0.15, 0.2) is 0 Å². The lowest BCUT2D eigenvalue weighted by Crippen LogP contribution is -2.67. The molecule has 0 aromatic carbocycles. The minimum absolute atomic E-state index is 0.0133. The Balaban J connectivity index is 1.89. The molecule has 41 heavy (non-hydrogen) atoms. The molecule has 12 heteroatoms. The molecule has 4 saturated carbocycles. The highest BCUT2D eigenvalue weighted by molar-refractivity contribution is 7.86. The van der Waals surface area contributed by atoms with Gasteiger partial charge in [0.25, 0.3) is 10.1 Å². The third kappa shape index (κ3) is 5.02. The zero-order valence-corrected chi connectivity index (χ0v) is 25.0. The van der Waals surface area contributed by atoms with Crippen LogP contribution in [-0.4, -0.2) is 65.6 Å². The lowest BCUT2D eigenvalue weighted by Gasteiger charge is -2.68. The van der Waals surface area contributed by atoms with Gasteiger partial charge in [-0.25, -0.2) is 0 Å². The van der Waals surface area contributed by atoms with E-state index in [0.29, 0.717) is 19.3 Å². The van der Waals surface area contributed by atoms with E-state index < -0.39 is 80.3 Å². The molecular weight excluding hydrogens is 556 g/mol. The minimum atomic E-state index is -4.03. The number of ketones is 2. The van der Waals surface area contributed by atoms with Crippen LogP contribution in [0.2, 0.25) is 0 Å². The summed E-state index contributed by atoms with van der Waals surface area (Å²) in [6.07, 6.45) is 0.486. The van der Waals surface area contributed by atoms with Gasteiger partial charge in [-0.05, 0) is 72.0 Å². The number of carbonyl (C=O) groups excluding carboxylic acids is 2. The zero-order chi connectivity index (χ0) is 30.8. The van der Waals surface area contributed by atoms with Crippen LogP contribution in [0.3, 0.4) is 0 Å². The maximum absolute atomic E-state index is 13.8. The van der Waals surface area contributed by atoms with E-state index in [1.54, 1.807) is 0 Å². The van der Waals surface area contributed by atoms with Crippen LogP contribution >= 0.6 is 0 Å². The zero-order valence-electron chi connectivity index (χ0n) is 24.2. The second kappa shape index (κ2) is 10.4. The molecule has 3 N–H and O–H groups in total. The number of aliphatic carboxylic acids is 3. The molecule has 0 heterocycles. The summed E-state index contributed by atoms with van der Waals surface area (Å²) < 4.78 is 31.1. The molecule has 0 bridgehead atoms. The molecule has 9 atom stereocenters. The highest BCUT2D eigenvalue weighted by Gasteiger charge is 2.73. The second-order valence-corrected chi connectivity index (χ2v) is 15.4. The fourth-order valence-electron chi connectivity index (χ4n) is 10.4. The van der Waals surface area contributed by atoms with Gasteiger partial charge in [-0.15, -0.1) is 0 Å². The van der Waals surface area contributed by atoms with Crippen molar-refractivity contribution in [2.75, 3.05) is 6.26 Å². The van der Waals surface area contributed by atoms with Crippen molar-refractivity contribution in [3.63, 3.8) is 0 Å². The molecular formula is C29H42O11S. The highest BCUT2D eigenvalue weighted by atomic mass is 32.2.